The lowest BCUT2D eigenvalue weighted by Crippen LogP contribution is -2.48. The molecule has 2 N–H and O–H groups in total. The maximum Gasteiger partial charge on any atom is 0.251 e. The Balaban J connectivity index is 1.82. The Morgan fingerprint density at radius 1 is 1.04 bits per heavy atom. The van der Waals surface area contributed by atoms with Gasteiger partial charge in [0.2, 0.25) is 10.0 Å². The molecular formula is C21H34N2O3S. The Labute approximate surface area is 164 Å². The summed E-state index contributed by atoms with van der Waals surface area (Å²) in [6.07, 6.45) is 6.44. The van der Waals surface area contributed by atoms with Crippen LogP contribution in [0.1, 0.15) is 82.1 Å². The van der Waals surface area contributed by atoms with Gasteiger partial charge in [-0.3, -0.25) is 4.79 Å². The van der Waals surface area contributed by atoms with Crippen molar-refractivity contribution in [3.63, 3.8) is 0 Å². The second-order valence-electron chi connectivity index (χ2n) is 8.56. The van der Waals surface area contributed by atoms with Gasteiger partial charge in [0, 0.05) is 17.6 Å². The molecule has 0 radical (unpaired) electrons. The molecule has 1 aromatic carbocycles. The number of hydrogen-bond donors (Lipinski definition) is 2. The van der Waals surface area contributed by atoms with Gasteiger partial charge in [0.1, 0.15) is 0 Å². The molecule has 0 unspecified atom stereocenters. The smallest absolute Gasteiger partial charge is 0.251 e. The van der Waals surface area contributed by atoms with E-state index in [9.17, 15) is 13.2 Å². The lowest BCUT2D eigenvalue weighted by atomic mass is 9.91. The minimum Gasteiger partial charge on any atom is -0.349 e. The zero-order valence-electron chi connectivity index (χ0n) is 17.0. The summed E-state index contributed by atoms with van der Waals surface area (Å²) in [6, 6.07) is 7.91. The summed E-state index contributed by atoms with van der Waals surface area (Å²) in [6.45, 7) is 7.28. The van der Waals surface area contributed by atoms with Gasteiger partial charge in [0.15, 0.2) is 0 Å². The largest absolute Gasteiger partial charge is 0.349 e. The molecule has 0 bridgehead atoms. The van der Waals surface area contributed by atoms with Crippen molar-refractivity contribution in [3.8, 4) is 0 Å². The number of aryl methyl sites for hydroxylation is 1. The molecule has 0 saturated heterocycles. The normalized spacial score (nSPS) is 21.0. The van der Waals surface area contributed by atoms with Crippen molar-refractivity contribution in [1.82, 2.24) is 10.0 Å². The fourth-order valence-electron chi connectivity index (χ4n) is 3.22. The van der Waals surface area contributed by atoms with Crippen LogP contribution in [0, 0.1) is 0 Å². The van der Waals surface area contributed by atoms with Gasteiger partial charge in [-0.15, -0.1) is 0 Å². The van der Waals surface area contributed by atoms with Crippen molar-refractivity contribution >= 4 is 15.9 Å². The first-order chi connectivity index (χ1) is 12.6. The molecule has 1 aromatic rings. The van der Waals surface area contributed by atoms with Crippen molar-refractivity contribution in [2.24, 2.45) is 0 Å². The highest BCUT2D eigenvalue weighted by atomic mass is 32.2. The molecule has 0 aliphatic heterocycles. The van der Waals surface area contributed by atoms with Gasteiger partial charge in [-0.2, -0.15) is 0 Å². The lowest BCUT2D eigenvalue weighted by Gasteiger charge is -2.31. The molecule has 5 nitrogen and oxygen atoms in total. The molecule has 1 saturated carbocycles. The van der Waals surface area contributed by atoms with E-state index >= 15 is 0 Å². The number of amides is 1. The third-order valence-electron chi connectivity index (χ3n) is 5.23. The first kappa shape index (κ1) is 21.9. The van der Waals surface area contributed by atoms with E-state index in [1.807, 2.05) is 24.3 Å². The maximum absolute atomic E-state index is 12.5. The average molecular weight is 395 g/mol. The molecule has 152 valence electrons. The Morgan fingerprint density at radius 3 is 2.11 bits per heavy atom. The minimum absolute atomic E-state index is 0.0415. The van der Waals surface area contributed by atoms with Crippen LogP contribution < -0.4 is 10.0 Å². The van der Waals surface area contributed by atoms with Crippen molar-refractivity contribution in [2.75, 3.05) is 0 Å². The summed E-state index contributed by atoms with van der Waals surface area (Å²) >= 11 is 0. The van der Waals surface area contributed by atoms with Crippen LogP contribution in [0.15, 0.2) is 24.3 Å². The van der Waals surface area contributed by atoms with E-state index in [1.165, 1.54) is 5.56 Å². The average Bonchev–Trinajstić information content (AvgIpc) is 2.61. The summed E-state index contributed by atoms with van der Waals surface area (Å²) in [7, 11) is -3.33. The highest BCUT2D eigenvalue weighted by Gasteiger charge is 2.33. The zero-order chi connectivity index (χ0) is 20.1. The summed E-state index contributed by atoms with van der Waals surface area (Å²) in [5.41, 5.74) is 1.95. The van der Waals surface area contributed by atoms with Gasteiger partial charge in [-0.05, 0) is 77.0 Å². The standard InChI is InChI=1S/C21H34N2O3S/c1-5-6-7-16-8-10-17(11-9-16)20(24)22-18-12-14-19(15-13-18)23-27(25,26)21(2,3)4/h8-11,18-19,23H,5-7,12-15H2,1-4H3,(H,22,24)/t18-,19-. The van der Waals surface area contributed by atoms with Gasteiger partial charge in [-0.1, -0.05) is 25.5 Å². The van der Waals surface area contributed by atoms with Gasteiger partial charge in [-0.25, -0.2) is 13.1 Å². The van der Waals surface area contributed by atoms with Crippen LogP contribution >= 0.6 is 0 Å². The van der Waals surface area contributed by atoms with E-state index in [0.717, 1.165) is 44.9 Å². The molecule has 1 aliphatic rings. The summed E-state index contributed by atoms with van der Waals surface area (Å²) in [4.78, 5) is 12.5. The van der Waals surface area contributed by atoms with Crippen LogP contribution in [0.3, 0.4) is 0 Å². The number of carbonyl (C=O) groups is 1. The number of rotatable bonds is 7. The first-order valence-corrected chi connectivity index (χ1v) is 11.5. The van der Waals surface area contributed by atoms with Gasteiger partial charge in [0.25, 0.3) is 5.91 Å². The number of unbranched alkanes of at least 4 members (excludes halogenated alkanes) is 1. The minimum atomic E-state index is -3.33. The Hall–Kier alpha value is -1.40. The molecule has 27 heavy (non-hydrogen) atoms. The van der Waals surface area contributed by atoms with Crippen LogP contribution in [-0.2, 0) is 16.4 Å². The number of carbonyl (C=O) groups excluding carboxylic acids is 1. The zero-order valence-corrected chi connectivity index (χ0v) is 17.9. The molecule has 0 spiro atoms. The fourth-order valence-corrected chi connectivity index (χ4v) is 4.25. The number of benzene rings is 1. The van der Waals surface area contributed by atoms with Crippen LogP contribution in [0.25, 0.3) is 0 Å². The third kappa shape index (κ3) is 6.32. The highest BCUT2D eigenvalue weighted by molar-refractivity contribution is 7.90. The molecular weight excluding hydrogens is 360 g/mol. The Kier molecular flexibility index (Phi) is 7.46. The van der Waals surface area contributed by atoms with Gasteiger partial charge >= 0.3 is 0 Å². The third-order valence-corrected chi connectivity index (χ3v) is 7.48. The molecule has 0 atom stereocenters. The lowest BCUT2D eigenvalue weighted by molar-refractivity contribution is 0.0925. The van der Waals surface area contributed by atoms with Crippen molar-refractivity contribution in [1.29, 1.82) is 0 Å². The monoisotopic (exact) mass is 394 g/mol. The van der Waals surface area contributed by atoms with E-state index in [2.05, 4.69) is 17.0 Å². The highest BCUT2D eigenvalue weighted by Crippen LogP contribution is 2.22. The fraction of sp³-hybridized carbons (Fsp3) is 0.667. The van der Waals surface area contributed by atoms with E-state index in [1.54, 1.807) is 20.8 Å². The predicted molar refractivity (Wildman–Crippen MR) is 110 cm³/mol. The number of nitrogens with one attached hydrogen (secondary N) is 2. The summed E-state index contributed by atoms with van der Waals surface area (Å²) in [5.74, 6) is -0.0456. The number of hydrogen-bond acceptors (Lipinski definition) is 3. The van der Waals surface area contributed by atoms with Crippen LogP contribution in [0.4, 0.5) is 0 Å². The quantitative estimate of drug-likeness (QED) is 0.739. The van der Waals surface area contributed by atoms with E-state index < -0.39 is 14.8 Å². The summed E-state index contributed by atoms with van der Waals surface area (Å²) in [5, 5.41) is 3.10. The van der Waals surface area contributed by atoms with Crippen LogP contribution in [-0.4, -0.2) is 31.2 Å². The molecule has 0 heterocycles. The van der Waals surface area contributed by atoms with Crippen LogP contribution in [0.2, 0.25) is 0 Å². The molecule has 6 heteroatoms. The SMILES string of the molecule is CCCCc1ccc(C(=O)N[C@H]2CC[C@H](NS(=O)(=O)C(C)(C)C)CC2)cc1. The van der Waals surface area contributed by atoms with Gasteiger partial charge < -0.3 is 5.32 Å². The van der Waals surface area contributed by atoms with E-state index in [-0.39, 0.29) is 18.0 Å². The van der Waals surface area contributed by atoms with Gasteiger partial charge in [0.05, 0.1) is 4.75 Å². The predicted octanol–water partition coefficient (Wildman–Crippen LogP) is 3.79. The first-order valence-electron chi connectivity index (χ1n) is 10.0. The molecule has 0 aromatic heterocycles. The van der Waals surface area contributed by atoms with Crippen LogP contribution in [0.5, 0.6) is 0 Å². The topological polar surface area (TPSA) is 75.3 Å². The van der Waals surface area contributed by atoms with Crippen molar-refractivity contribution in [2.45, 2.75) is 89.5 Å². The molecule has 1 fully saturated rings. The van der Waals surface area contributed by atoms with E-state index in [4.69, 9.17) is 0 Å². The van der Waals surface area contributed by atoms with E-state index in [0.29, 0.717) is 5.56 Å². The van der Waals surface area contributed by atoms with Crippen molar-refractivity contribution in [3.05, 3.63) is 35.4 Å². The second kappa shape index (κ2) is 9.20. The maximum atomic E-state index is 12.5. The second-order valence-corrected chi connectivity index (χ2v) is 11.0. The summed E-state index contributed by atoms with van der Waals surface area (Å²) < 4.78 is 26.6. The van der Waals surface area contributed by atoms with Crippen molar-refractivity contribution < 1.29 is 13.2 Å². The molecule has 1 aliphatic carbocycles. The Morgan fingerprint density at radius 2 is 1.59 bits per heavy atom. The molecule has 2 rings (SSSR count). The molecule has 1 amide bonds. The number of sulfonamides is 1. The Bertz CT molecular complexity index is 713.